The Balaban J connectivity index is 1.44. The van der Waals surface area contributed by atoms with Crippen LogP contribution >= 0.6 is 11.8 Å². The second-order valence-corrected chi connectivity index (χ2v) is 11.3. The van der Waals surface area contributed by atoms with E-state index >= 15 is 0 Å². The summed E-state index contributed by atoms with van der Waals surface area (Å²) in [5.41, 5.74) is 3.03. The number of ether oxygens (including phenoxy) is 5. The van der Waals surface area contributed by atoms with Crippen LogP contribution in [-0.4, -0.2) is 41.8 Å². The third-order valence-electron chi connectivity index (χ3n) is 7.26. The molecule has 0 N–H and O–H groups in total. The molecule has 0 spiro atoms. The van der Waals surface area contributed by atoms with E-state index in [1.807, 2.05) is 91.0 Å². The van der Waals surface area contributed by atoms with Crippen molar-refractivity contribution in [1.29, 1.82) is 0 Å². The maximum absolute atomic E-state index is 12.4. The smallest absolute Gasteiger partial charge is 0.305 e. The Kier molecular flexibility index (Phi) is 9.37. The van der Waals surface area contributed by atoms with Crippen LogP contribution in [0.15, 0.2) is 91.0 Å². The monoisotopic (exact) mass is 548 g/mol. The number of fused-ring (bicyclic) bond motifs is 1. The zero-order valence-electron chi connectivity index (χ0n) is 22.4. The molecule has 0 radical (unpaired) electrons. The normalized spacial score (nSPS) is 27.5. The first-order valence-corrected chi connectivity index (χ1v) is 14.6. The number of esters is 1. The number of hydrogen-bond donors (Lipinski definition) is 0. The highest BCUT2D eigenvalue weighted by molar-refractivity contribution is 7.99. The molecule has 1 heterocycles. The second kappa shape index (κ2) is 13.1. The second-order valence-electron chi connectivity index (χ2n) is 9.91. The van der Waals surface area contributed by atoms with Gasteiger partial charge in [-0.2, -0.15) is 0 Å². The molecule has 5 rings (SSSR count). The Labute approximate surface area is 234 Å². The third kappa shape index (κ3) is 6.39. The van der Waals surface area contributed by atoms with E-state index in [9.17, 15) is 4.79 Å². The largest absolute Gasteiger partial charge is 0.432 e. The van der Waals surface area contributed by atoms with Crippen molar-refractivity contribution in [3.05, 3.63) is 108 Å². The molecule has 1 saturated carbocycles. The van der Waals surface area contributed by atoms with Crippen LogP contribution in [0.25, 0.3) is 0 Å². The average Bonchev–Trinajstić information content (AvgIpc) is 3.13. The van der Waals surface area contributed by atoms with E-state index in [2.05, 4.69) is 6.92 Å². The third-order valence-corrected chi connectivity index (χ3v) is 8.31. The summed E-state index contributed by atoms with van der Waals surface area (Å²) in [5, 5.41) is 0. The van der Waals surface area contributed by atoms with Gasteiger partial charge in [-0.15, -0.1) is 11.8 Å². The van der Waals surface area contributed by atoms with Gasteiger partial charge in [-0.1, -0.05) is 97.9 Å². The lowest BCUT2D eigenvalue weighted by molar-refractivity contribution is -0.360. The Hall–Kier alpha value is -2.68. The minimum atomic E-state index is -1.17. The minimum Gasteiger partial charge on any atom is -0.432 e. The van der Waals surface area contributed by atoms with E-state index in [0.717, 1.165) is 22.4 Å². The topological polar surface area (TPSA) is 63.2 Å². The molecule has 1 saturated heterocycles. The van der Waals surface area contributed by atoms with Gasteiger partial charge in [-0.25, -0.2) is 0 Å². The molecule has 1 aliphatic carbocycles. The fourth-order valence-electron chi connectivity index (χ4n) is 5.56. The first kappa shape index (κ1) is 27.9. The van der Waals surface area contributed by atoms with Gasteiger partial charge in [0.15, 0.2) is 0 Å². The first-order chi connectivity index (χ1) is 19.1. The van der Waals surface area contributed by atoms with Crippen LogP contribution in [0.3, 0.4) is 0 Å². The van der Waals surface area contributed by atoms with Gasteiger partial charge in [0.1, 0.15) is 5.44 Å². The highest BCUT2D eigenvalue weighted by Crippen LogP contribution is 2.59. The SMILES string of the molecule is CCSC1OC2(OC(C)=O)C(COCc3ccccc3)C(OCc3ccccc3)C(OCc3ccccc3)C12. The number of thioether (sulfide) groups is 1. The molecule has 0 bridgehead atoms. The van der Waals surface area contributed by atoms with Crippen molar-refractivity contribution in [1.82, 2.24) is 0 Å². The van der Waals surface area contributed by atoms with Crippen LogP contribution in [0.2, 0.25) is 0 Å². The zero-order chi connectivity index (χ0) is 27.1. The first-order valence-electron chi connectivity index (χ1n) is 13.5. The molecule has 0 amide bonds. The molecule has 2 fully saturated rings. The standard InChI is InChI=1S/C32H36O6S/c1-3-39-31-28-30(36-21-26-17-11-6-12-18-26)29(35-20-25-15-9-5-10-16-25)27(32(28,38-31)37-23(2)33)22-34-19-24-13-7-4-8-14-24/h4-18,27-31H,3,19-22H2,1-2H3. The Morgan fingerprint density at radius 2 is 1.31 bits per heavy atom. The van der Waals surface area contributed by atoms with E-state index in [1.165, 1.54) is 6.92 Å². The number of rotatable bonds is 13. The highest BCUT2D eigenvalue weighted by atomic mass is 32.2. The van der Waals surface area contributed by atoms with Gasteiger partial charge >= 0.3 is 5.97 Å². The summed E-state index contributed by atoms with van der Waals surface area (Å²) >= 11 is 1.69. The van der Waals surface area contributed by atoms with Crippen molar-refractivity contribution >= 4 is 17.7 Å². The average molecular weight is 549 g/mol. The fraction of sp³-hybridized carbons (Fsp3) is 0.406. The maximum atomic E-state index is 12.4. The number of carbonyl (C=O) groups excluding carboxylic acids is 1. The number of hydrogen-bond acceptors (Lipinski definition) is 7. The van der Waals surface area contributed by atoms with Crippen LogP contribution < -0.4 is 0 Å². The molecule has 2 aliphatic rings. The molecule has 6 nitrogen and oxygen atoms in total. The number of benzene rings is 3. The lowest BCUT2D eigenvalue weighted by Gasteiger charge is -2.52. The van der Waals surface area contributed by atoms with Crippen molar-refractivity contribution in [2.24, 2.45) is 11.8 Å². The Morgan fingerprint density at radius 3 is 1.82 bits per heavy atom. The molecular formula is C32H36O6S. The zero-order valence-corrected chi connectivity index (χ0v) is 23.3. The van der Waals surface area contributed by atoms with Gasteiger partial charge in [0, 0.05) is 6.92 Å². The summed E-state index contributed by atoms with van der Waals surface area (Å²) in [5.74, 6) is -1.25. The summed E-state index contributed by atoms with van der Waals surface area (Å²) < 4.78 is 32.0. The summed E-state index contributed by atoms with van der Waals surface area (Å²) in [6, 6.07) is 30.2. The van der Waals surface area contributed by atoms with Gasteiger partial charge in [-0.3, -0.25) is 4.79 Å². The van der Waals surface area contributed by atoms with Crippen molar-refractivity contribution in [2.45, 2.75) is 57.1 Å². The Morgan fingerprint density at radius 1 is 0.795 bits per heavy atom. The van der Waals surface area contributed by atoms with E-state index in [-0.39, 0.29) is 23.4 Å². The molecule has 3 aromatic rings. The highest BCUT2D eigenvalue weighted by Gasteiger charge is 2.74. The Bertz CT molecular complexity index is 1180. The van der Waals surface area contributed by atoms with E-state index < -0.39 is 17.9 Å². The van der Waals surface area contributed by atoms with Gasteiger partial charge in [0.05, 0.1) is 50.5 Å². The maximum Gasteiger partial charge on any atom is 0.305 e. The summed E-state index contributed by atoms with van der Waals surface area (Å²) in [6.45, 7) is 5.08. The summed E-state index contributed by atoms with van der Waals surface area (Å²) in [4.78, 5) is 12.4. The predicted molar refractivity (Wildman–Crippen MR) is 151 cm³/mol. The minimum absolute atomic E-state index is 0.169. The van der Waals surface area contributed by atoms with E-state index in [4.69, 9.17) is 23.7 Å². The molecule has 7 heteroatoms. The lowest BCUT2D eigenvalue weighted by atomic mass is 9.90. The quantitative estimate of drug-likeness (QED) is 0.243. The number of carbonyl (C=O) groups is 1. The molecule has 1 aliphatic heterocycles. The van der Waals surface area contributed by atoms with Crippen molar-refractivity contribution in [3.63, 3.8) is 0 Å². The van der Waals surface area contributed by atoms with E-state index in [1.54, 1.807) is 11.8 Å². The van der Waals surface area contributed by atoms with Crippen LogP contribution in [0.4, 0.5) is 0 Å². The van der Waals surface area contributed by atoms with E-state index in [0.29, 0.717) is 26.4 Å². The van der Waals surface area contributed by atoms with Crippen LogP contribution in [-0.2, 0) is 48.3 Å². The molecule has 206 valence electrons. The van der Waals surface area contributed by atoms with Gasteiger partial charge < -0.3 is 23.7 Å². The lowest BCUT2D eigenvalue weighted by Crippen LogP contribution is -2.64. The van der Waals surface area contributed by atoms with Gasteiger partial charge in [0.2, 0.25) is 5.79 Å². The van der Waals surface area contributed by atoms with Gasteiger partial charge in [0.25, 0.3) is 0 Å². The van der Waals surface area contributed by atoms with Crippen molar-refractivity contribution in [3.8, 4) is 0 Å². The molecular weight excluding hydrogens is 512 g/mol. The molecule has 6 atom stereocenters. The molecule has 39 heavy (non-hydrogen) atoms. The molecule has 6 unspecified atom stereocenters. The fourth-order valence-corrected chi connectivity index (χ4v) is 6.66. The summed E-state index contributed by atoms with van der Waals surface area (Å²) in [7, 11) is 0. The summed E-state index contributed by atoms with van der Waals surface area (Å²) in [6.07, 6.45) is -0.757. The predicted octanol–water partition coefficient (Wildman–Crippen LogP) is 5.99. The van der Waals surface area contributed by atoms with Crippen LogP contribution in [0.5, 0.6) is 0 Å². The van der Waals surface area contributed by atoms with Crippen molar-refractivity contribution < 1.29 is 28.5 Å². The van der Waals surface area contributed by atoms with Crippen molar-refractivity contribution in [2.75, 3.05) is 12.4 Å². The molecule has 3 aromatic carbocycles. The van der Waals surface area contributed by atoms with Crippen LogP contribution in [0.1, 0.15) is 30.5 Å². The molecule has 0 aromatic heterocycles. The van der Waals surface area contributed by atoms with Gasteiger partial charge in [-0.05, 0) is 22.4 Å². The van der Waals surface area contributed by atoms with Crippen LogP contribution in [0, 0.1) is 11.8 Å².